The van der Waals surface area contributed by atoms with E-state index in [0.29, 0.717) is 12.3 Å². The van der Waals surface area contributed by atoms with Gasteiger partial charge in [-0.15, -0.1) is 0 Å². The molecule has 0 bridgehead atoms. The number of benzene rings is 2. The van der Waals surface area contributed by atoms with Gasteiger partial charge in [-0.3, -0.25) is 9.48 Å². The molecule has 3 aliphatic rings. The first kappa shape index (κ1) is 30.1. The number of anilines is 1. The summed E-state index contributed by atoms with van der Waals surface area (Å²) >= 11 is 6.26. The van der Waals surface area contributed by atoms with Crippen molar-refractivity contribution in [1.82, 2.24) is 19.7 Å². The zero-order chi connectivity index (χ0) is 29.6. The monoisotopic (exact) mass is 602 g/mol. The van der Waals surface area contributed by atoms with Crippen molar-refractivity contribution in [1.29, 1.82) is 0 Å². The summed E-state index contributed by atoms with van der Waals surface area (Å²) in [5, 5.41) is 5.22. The van der Waals surface area contributed by atoms with E-state index < -0.39 is 0 Å². The Kier molecular flexibility index (Phi) is 9.68. The number of nitrogens with zero attached hydrogens (tertiary/aromatic N) is 5. The Morgan fingerprint density at radius 1 is 0.953 bits per heavy atom. The molecule has 3 fully saturated rings. The summed E-state index contributed by atoms with van der Waals surface area (Å²) in [6.07, 6.45) is 16.7. The zero-order valence-corrected chi connectivity index (χ0v) is 26.1. The Labute approximate surface area is 261 Å². The van der Waals surface area contributed by atoms with Crippen LogP contribution in [0.2, 0.25) is 5.02 Å². The van der Waals surface area contributed by atoms with E-state index in [1.165, 1.54) is 32.1 Å². The minimum Gasteiger partial charge on any atom is -0.356 e. The number of amides is 1. The van der Waals surface area contributed by atoms with Gasteiger partial charge in [-0.1, -0.05) is 61.2 Å². The first-order chi connectivity index (χ1) is 21.0. The van der Waals surface area contributed by atoms with Crippen molar-refractivity contribution in [2.45, 2.75) is 102 Å². The summed E-state index contributed by atoms with van der Waals surface area (Å²) in [5.74, 6) is 0.923. The number of aromatic nitrogens is 3. The number of halogens is 1. The topological polar surface area (TPSA) is 80.3 Å². The Morgan fingerprint density at radius 3 is 2.30 bits per heavy atom. The molecule has 6 rings (SSSR count). The van der Waals surface area contributed by atoms with Gasteiger partial charge in [0.1, 0.15) is 18.7 Å². The third-order valence-corrected chi connectivity index (χ3v) is 10.9. The highest BCUT2D eigenvalue weighted by Crippen LogP contribution is 2.47. The van der Waals surface area contributed by atoms with Gasteiger partial charge in [0.05, 0.1) is 0 Å². The molecule has 1 amide bonds. The first-order valence-corrected chi connectivity index (χ1v) is 16.8. The van der Waals surface area contributed by atoms with Gasteiger partial charge < -0.3 is 15.5 Å². The minimum atomic E-state index is -0.291. The molecule has 2 saturated carbocycles. The van der Waals surface area contributed by atoms with Crippen molar-refractivity contribution in [2.75, 3.05) is 18.0 Å². The van der Waals surface area contributed by atoms with Gasteiger partial charge in [0.25, 0.3) is 0 Å². The van der Waals surface area contributed by atoms with Crippen LogP contribution in [-0.4, -0.2) is 56.8 Å². The lowest BCUT2D eigenvalue weighted by atomic mass is 9.63. The van der Waals surface area contributed by atoms with E-state index in [0.717, 1.165) is 74.4 Å². The number of carbonyl (C=O) groups excluding carboxylic acids is 1. The third kappa shape index (κ3) is 7.09. The molecule has 1 atom stereocenters. The van der Waals surface area contributed by atoms with Crippen molar-refractivity contribution in [3.05, 3.63) is 77.8 Å². The van der Waals surface area contributed by atoms with Crippen molar-refractivity contribution in [2.24, 2.45) is 17.1 Å². The van der Waals surface area contributed by atoms with Gasteiger partial charge in [-0.25, -0.2) is 4.98 Å². The number of hydrogen-bond acceptors (Lipinski definition) is 5. The molecule has 2 N–H and O–H groups in total. The molecule has 1 aliphatic heterocycles. The molecule has 2 heterocycles. The number of carbonyl (C=O) groups is 1. The molecule has 1 aromatic heterocycles. The number of rotatable bonds is 9. The second kappa shape index (κ2) is 13.8. The molecule has 0 unspecified atom stereocenters. The van der Waals surface area contributed by atoms with Gasteiger partial charge in [-0.05, 0) is 92.5 Å². The van der Waals surface area contributed by atoms with Gasteiger partial charge >= 0.3 is 0 Å². The van der Waals surface area contributed by atoms with Gasteiger partial charge in [0.2, 0.25) is 5.91 Å². The van der Waals surface area contributed by atoms with Gasteiger partial charge in [0.15, 0.2) is 0 Å². The normalized spacial score (nSPS) is 23.5. The van der Waals surface area contributed by atoms with Crippen LogP contribution < -0.4 is 10.6 Å². The number of likely N-dealkylation sites (tertiary alicyclic amines) is 1. The predicted octanol–water partition coefficient (Wildman–Crippen LogP) is 6.51. The lowest BCUT2D eigenvalue weighted by molar-refractivity contribution is -0.136. The maximum atomic E-state index is 14.8. The largest absolute Gasteiger partial charge is 0.356 e. The van der Waals surface area contributed by atoms with Crippen LogP contribution in [0.3, 0.4) is 0 Å². The van der Waals surface area contributed by atoms with Gasteiger partial charge in [-0.2, -0.15) is 5.10 Å². The van der Waals surface area contributed by atoms with Crippen molar-refractivity contribution in [3.63, 3.8) is 0 Å². The van der Waals surface area contributed by atoms with E-state index in [1.54, 1.807) is 6.33 Å². The van der Waals surface area contributed by atoms with E-state index in [9.17, 15) is 4.79 Å². The van der Waals surface area contributed by atoms with E-state index in [4.69, 9.17) is 17.3 Å². The molecule has 0 radical (unpaired) electrons. The zero-order valence-electron chi connectivity index (χ0n) is 25.4. The molecule has 2 aromatic carbocycles. The van der Waals surface area contributed by atoms with Crippen LogP contribution in [0.4, 0.5) is 5.69 Å². The standard InChI is InChI=1S/C35H47ClN6O/c36-29-13-11-27(12-14-29)23-33(42(31-9-5-2-6-10-31)32-17-15-30(37)16-18-32)34(43)40-21-19-35(20-22-40,24-41-26-38-25-39-41)28-7-3-1-4-8-28/h2,5-6,9-14,25-26,28,30,32-33H,1,3-4,7-8,15-24,37H2/t30-,32+,33-/m1/s1. The SMILES string of the molecule is N[C@H]1CC[C@@H](N(c2ccccc2)[C@H](Cc2ccc(Cl)cc2)C(=O)N2CCC(Cn3cncn3)(C3CCCCC3)CC2)CC1. The maximum Gasteiger partial charge on any atom is 0.245 e. The Hall–Kier alpha value is -2.90. The molecule has 43 heavy (non-hydrogen) atoms. The van der Waals surface area contributed by atoms with Crippen LogP contribution >= 0.6 is 11.6 Å². The van der Waals surface area contributed by atoms with Crippen LogP contribution in [0.1, 0.15) is 76.2 Å². The highest BCUT2D eigenvalue weighted by atomic mass is 35.5. The summed E-state index contributed by atoms with van der Waals surface area (Å²) in [6.45, 7) is 2.48. The molecular weight excluding hydrogens is 556 g/mol. The molecule has 230 valence electrons. The Balaban J connectivity index is 1.28. The summed E-state index contributed by atoms with van der Waals surface area (Å²) in [7, 11) is 0. The Bertz CT molecular complexity index is 1280. The highest BCUT2D eigenvalue weighted by Gasteiger charge is 2.45. The van der Waals surface area contributed by atoms with Crippen LogP contribution in [0.5, 0.6) is 0 Å². The average Bonchev–Trinajstić information content (AvgIpc) is 3.56. The lowest BCUT2D eigenvalue weighted by Gasteiger charge is -2.49. The molecule has 8 heteroatoms. The third-order valence-electron chi connectivity index (χ3n) is 10.6. The second-order valence-electron chi connectivity index (χ2n) is 13.3. The van der Waals surface area contributed by atoms with Crippen molar-refractivity contribution < 1.29 is 4.79 Å². The summed E-state index contributed by atoms with van der Waals surface area (Å²) < 4.78 is 2.03. The fourth-order valence-corrected chi connectivity index (χ4v) is 8.33. The predicted molar refractivity (Wildman–Crippen MR) is 173 cm³/mol. The highest BCUT2D eigenvalue weighted by molar-refractivity contribution is 6.30. The second-order valence-corrected chi connectivity index (χ2v) is 13.7. The first-order valence-electron chi connectivity index (χ1n) is 16.5. The molecule has 3 aromatic rings. The molecule has 1 saturated heterocycles. The molecule has 0 spiro atoms. The van der Waals surface area contributed by atoms with E-state index >= 15 is 0 Å². The quantitative estimate of drug-likeness (QED) is 0.302. The van der Waals surface area contributed by atoms with Crippen LogP contribution in [0.15, 0.2) is 67.3 Å². The minimum absolute atomic E-state index is 0.162. The maximum absolute atomic E-state index is 14.8. The fourth-order valence-electron chi connectivity index (χ4n) is 8.20. The summed E-state index contributed by atoms with van der Waals surface area (Å²) in [4.78, 5) is 23.7. The number of para-hydroxylation sites is 1. The van der Waals surface area contributed by atoms with Crippen LogP contribution in [-0.2, 0) is 17.8 Å². The van der Waals surface area contributed by atoms with Crippen molar-refractivity contribution in [3.8, 4) is 0 Å². The molecule has 2 aliphatic carbocycles. The average molecular weight is 603 g/mol. The Morgan fingerprint density at radius 2 is 1.65 bits per heavy atom. The molecular formula is C35H47ClN6O. The van der Waals surface area contributed by atoms with E-state index in [2.05, 4.69) is 62.3 Å². The molecule has 7 nitrogen and oxygen atoms in total. The van der Waals surface area contributed by atoms with Gasteiger partial charge in [0, 0.05) is 48.8 Å². The summed E-state index contributed by atoms with van der Waals surface area (Å²) in [5.41, 5.74) is 8.76. The lowest BCUT2D eigenvalue weighted by Crippen LogP contribution is -2.57. The number of hydrogen-bond donors (Lipinski definition) is 1. The number of nitrogens with two attached hydrogens (primary N) is 1. The smallest absolute Gasteiger partial charge is 0.245 e. The van der Waals surface area contributed by atoms with Crippen LogP contribution in [0.25, 0.3) is 0 Å². The van der Waals surface area contributed by atoms with E-state index in [-0.39, 0.29) is 29.4 Å². The van der Waals surface area contributed by atoms with Crippen molar-refractivity contribution >= 4 is 23.2 Å². The number of piperidine rings is 1. The van der Waals surface area contributed by atoms with Crippen LogP contribution in [0, 0.1) is 11.3 Å². The summed E-state index contributed by atoms with van der Waals surface area (Å²) in [6, 6.07) is 18.8. The fraction of sp³-hybridized carbons (Fsp3) is 0.571. The van der Waals surface area contributed by atoms with E-state index in [1.807, 2.05) is 23.1 Å².